The predicted octanol–water partition coefficient (Wildman–Crippen LogP) is 3.35. The minimum atomic E-state index is 0.943. The highest BCUT2D eigenvalue weighted by Crippen LogP contribution is 2.08. The minimum Gasteiger partial charge on any atom is -0.308 e. The Morgan fingerprint density at radius 3 is 2.53 bits per heavy atom. The number of rotatable bonds is 4. The molecule has 0 aliphatic rings. The Labute approximate surface area is 94.8 Å². The third-order valence-electron chi connectivity index (χ3n) is 2.33. The van der Waals surface area contributed by atoms with Gasteiger partial charge >= 0.3 is 0 Å². The van der Waals surface area contributed by atoms with Gasteiger partial charge < -0.3 is 5.32 Å². The second-order valence-corrected chi connectivity index (χ2v) is 4.70. The largest absolute Gasteiger partial charge is 0.308 e. The zero-order valence-corrected chi connectivity index (χ0v) is 9.68. The first-order chi connectivity index (χ1) is 7.34. The minimum absolute atomic E-state index is 0.943. The molecule has 1 heterocycles. The van der Waals surface area contributed by atoms with Crippen LogP contribution in [-0.2, 0) is 13.1 Å². The molecule has 0 unspecified atom stereocenters. The average molecular weight is 217 g/mol. The SMILES string of the molecule is Cc1ccc(CNCc2cccs2)cc1. The van der Waals surface area contributed by atoms with Gasteiger partial charge in [-0.05, 0) is 23.9 Å². The maximum atomic E-state index is 3.43. The highest BCUT2D eigenvalue weighted by atomic mass is 32.1. The lowest BCUT2D eigenvalue weighted by atomic mass is 10.1. The van der Waals surface area contributed by atoms with Crippen LogP contribution >= 0.6 is 11.3 Å². The first-order valence-electron chi connectivity index (χ1n) is 5.13. The van der Waals surface area contributed by atoms with Crippen molar-refractivity contribution in [1.29, 1.82) is 0 Å². The van der Waals surface area contributed by atoms with Gasteiger partial charge in [0.2, 0.25) is 0 Å². The van der Waals surface area contributed by atoms with Gasteiger partial charge in [-0.2, -0.15) is 0 Å². The van der Waals surface area contributed by atoms with Gasteiger partial charge in [0.05, 0.1) is 0 Å². The Bertz CT molecular complexity index is 389. The van der Waals surface area contributed by atoms with Gasteiger partial charge in [0.25, 0.3) is 0 Å². The van der Waals surface area contributed by atoms with Gasteiger partial charge in [-0.25, -0.2) is 0 Å². The predicted molar refractivity (Wildman–Crippen MR) is 66.0 cm³/mol. The van der Waals surface area contributed by atoms with E-state index in [1.165, 1.54) is 16.0 Å². The lowest BCUT2D eigenvalue weighted by Crippen LogP contribution is -2.11. The fraction of sp³-hybridized carbons (Fsp3) is 0.231. The van der Waals surface area contributed by atoms with Crippen molar-refractivity contribution in [3.8, 4) is 0 Å². The van der Waals surface area contributed by atoms with E-state index in [-0.39, 0.29) is 0 Å². The maximum absolute atomic E-state index is 3.43. The van der Waals surface area contributed by atoms with Crippen LogP contribution in [0.4, 0.5) is 0 Å². The summed E-state index contributed by atoms with van der Waals surface area (Å²) in [7, 11) is 0. The molecule has 0 aliphatic heterocycles. The summed E-state index contributed by atoms with van der Waals surface area (Å²) in [5.74, 6) is 0. The van der Waals surface area contributed by atoms with Crippen molar-refractivity contribution in [2.24, 2.45) is 0 Å². The average Bonchev–Trinajstić information content (AvgIpc) is 2.74. The standard InChI is InChI=1S/C13H15NS/c1-11-4-6-12(7-5-11)9-14-10-13-3-2-8-15-13/h2-8,14H,9-10H2,1H3. The molecule has 0 aliphatic carbocycles. The van der Waals surface area contributed by atoms with Gasteiger partial charge in [0.15, 0.2) is 0 Å². The van der Waals surface area contributed by atoms with Gasteiger partial charge in [0, 0.05) is 18.0 Å². The van der Waals surface area contributed by atoms with Crippen LogP contribution in [-0.4, -0.2) is 0 Å². The molecule has 2 rings (SSSR count). The van der Waals surface area contributed by atoms with Crippen molar-refractivity contribution < 1.29 is 0 Å². The molecular formula is C13H15NS. The molecular weight excluding hydrogens is 202 g/mol. The number of hydrogen-bond donors (Lipinski definition) is 1. The highest BCUT2D eigenvalue weighted by Gasteiger charge is 1.94. The van der Waals surface area contributed by atoms with Crippen LogP contribution in [0.2, 0.25) is 0 Å². The first kappa shape index (κ1) is 10.4. The molecule has 15 heavy (non-hydrogen) atoms. The number of aryl methyl sites for hydroxylation is 1. The molecule has 1 nitrogen and oxygen atoms in total. The van der Waals surface area contributed by atoms with Gasteiger partial charge in [-0.15, -0.1) is 11.3 Å². The third-order valence-corrected chi connectivity index (χ3v) is 3.21. The molecule has 1 aromatic carbocycles. The molecule has 0 atom stereocenters. The lowest BCUT2D eigenvalue weighted by molar-refractivity contribution is 0.701. The van der Waals surface area contributed by atoms with E-state index in [0.717, 1.165) is 13.1 Å². The lowest BCUT2D eigenvalue weighted by Gasteiger charge is -2.03. The summed E-state index contributed by atoms with van der Waals surface area (Å²) in [4.78, 5) is 1.39. The van der Waals surface area contributed by atoms with E-state index in [1.54, 1.807) is 11.3 Å². The van der Waals surface area contributed by atoms with E-state index in [9.17, 15) is 0 Å². The normalized spacial score (nSPS) is 10.5. The van der Waals surface area contributed by atoms with Crippen molar-refractivity contribution in [2.75, 3.05) is 0 Å². The summed E-state index contributed by atoms with van der Waals surface area (Å²) < 4.78 is 0. The number of hydrogen-bond acceptors (Lipinski definition) is 2. The Morgan fingerprint density at radius 2 is 1.87 bits per heavy atom. The van der Waals surface area contributed by atoms with Gasteiger partial charge in [-0.1, -0.05) is 35.9 Å². The van der Waals surface area contributed by atoms with E-state index in [1.807, 2.05) is 0 Å². The Kier molecular flexibility index (Phi) is 3.54. The molecule has 0 spiro atoms. The van der Waals surface area contributed by atoms with E-state index >= 15 is 0 Å². The first-order valence-corrected chi connectivity index (χ1v) is 6.01. The van der Waals surface area contributed by atoms with E-state index in [4.69, 9.17) is 0 Å². The van der Waals surface area contributed by atoms with Crippen molar-refractivity contribution in [3.05, 3.63) is 57.8 Å². The van der Waals surface area contributed by atoms with Crippen LogP contribution in [0.5, 0.6) is 0 Å². The quantitative estimate of drug-likeness (QED) is 0.828. The van der Waals surface area contributed by atoms with Gasteiger partial charge in [0.1, 0.15) is 0 Å². The fourth-order valence-corrected chi connectivity index (χ4v) is 2.12. The molecule has 0 saturated heterocycles. The van der Waals surface area contributed by atoms with Crippen LogP contribution in [0, 0.1) is 6.92 Å². The summed E-state index contributed by atoms with van der Waals surface area (Å²) in [6, 6.07) is 12.9. The van der Waals surface area contributed by atoms with Crippen molar-refractivity contribution in [2.45, 2.75) is 20.0 Å². The van der Waals surface area contributed by atoms with E-state index < -0.39 is 0 Å². The van der Waals surface area contributed by atoms with Crippen molar-refractivity contribution in [3.63, 3.8) is 0 Å². The van der Waals surface area contributed by atoms with Crippen LogP contribution in [0.25, 0.3) is 0 Å². The molecule has 0 amide bonds. The monoisotopic (exact) mass is 217 g/mol. The summed E-state index contributed by atoms with van der Waals surface area (Å²) >= 11 is 1.80. The topological polar surface area (TPSA) is 12.0 Å². The van der Waals surface area contributed by atoms with E-state index in [0.29, 0.717) is 0 Å². The molecule has 1 N–H and O–H groups in total. The summed E-state index contributed by atoms with van der Waals surface area (Å²) in [6.07, 6.45) is 0. The second kappa shape index (κ2) is 5.10. The number of thiophene rings is 1. The summed E-state index contributed by atoms with van der Waals surface area (Å²) in [5, 5.41) is 5.55. The van der Waals surface area contributed by atoms with E-state index in [2.05, 4.69) is 54.0 Å². The molecule has 0 radical (unpaired) electrons. The van der Waals surface area contributed by atoms with Crippen LogP contribution in [0.3, 0.4) is 0 Å². The van der Waals surface area contributed by atoms with Crippen LogP contribution in [0.15, 0.2) is 41.8 Å². The van der Waals surface area contributed by atoms with Crippen molar-refractivity contribution >= 4 is 11.3 Å². The summed E-state index contributed by atoms with van der Waals surface area (Å²) in [5.41, 5.74) is 2.66. The molecule has 0 bridgehead atoms. The molecule has 1 aromatic heterocycles. The number of nitrogens with one attached hydrogen (secondary N) is 1. The van der Waals surface area contributed by atoms with Crippen LogP contribution in [0.1, 0.15) is 16.0 Å². The van der Waals surface area contributed by atoms with Crippen LogP contribution < -0.4 is 5.32 Å². The van der Waals surface area contributed by atoms with Crippen molar-refractivity contribution in [1.82, 2.24) is 5.32 Å². The Balaban J connectivity index is 1.81. The zero-order chi connectivity index (χ0) is 10.5. The molecule has 2 heteroatoms. The van der Waals surface area contributed by atoms with Gasteiger partial charge in [-0.3, -0.25) is 0 Å². The molecule has 0 saturated carbocycles. The third kappa shape index (κ3) is 3.18. The molecule has 78 valence electrons. The maximum Gasteiger partial charge on any atom is 0.0302 e. The highest BCUT2D eigenvalue weighted by molar-refractivity contribution is 7.09. The molecule has 2 aromatic rings. The molecule has 0 fully saturated rings. The number of benzene rings is 1. The Hall–Kier alpha value is -1.12. The fourth-order valence-electron chi connectivity index (χ4n) is 1.45. The second-order valence-electron chi connectivity index (χ2n) is 3.67. The smallest absolute Gasteiger partial charge is 0.0302 e. The Morgan fingerprint density at radius 1 is 1.07 bits per heavy atom. The summed E-state index contributed by atoms with van der Waals surface area (Å²) in [6.45, 7) is 4.02. The zero-order valence-electron chi connectivity index (χ0n) is 8.86.